The van der Waals surface area contributed by atoms with Crippen LogP contribution in [0.15, 0.2) is 28.4 Å². The van der Waals surface area contributed by atoms with Gasteiger partial charge in [-0.25, -0.2) is 0 Å². The number of carbonyl (C=O) groups is 3. The number of ether oxygens (including phenoxy) is 2. The molecular formula is C25H30Cl2N6O5S. The fourth-order valence-electron chi connectivity index (χ4n) is 3.16. The third-order valence-electron chi connectivity index (χ3n) is 5.27. The quantitative estimate of drug-likeness (QED) is 0.140. The van der Waals surface area contributed by atoms with Crippen LogP contribution in [0.2, 0.25) is 0 Å². The Morgan fingerprint density at radius 3 is 2.08 bits per heavy atom. The molecule has 0 radical (unpaired) electrons. The zero-order chi connectivity index (χ0) is 29.4. The van der Waals surface area contributed by atoms with Gasteiger partial charge in [0, 0.05) is 11.6 Å². The molecule has 11 nitrogen and oxygen atoms in total. The zero-order valence-corrected chi connectivity index (χ0v) is 24.9. The van der Waals surface area contributed by atoms with E-state index in [2.05, 4.69) is 26.0 Å². The van der Waals surface area contributed by atoms with E-state index < -0.39 is 35.1 Å². The zero-order valence-electron chi connectivity index (χ0n) is 22.6. The van der Waals surface area contributed by atoms with Gasteiger partial charge in [-0.3, -0.25) is 14.4 Å². The number of nitrogens with zero attached hydrogens (tertiary/aromatic N) is 5. The number of nitrogens with one attached hydrogen (secondary N) is 1. The van der Waals surface area contributed by atoms with Gasteiger partial charge < -0.3 is 19.7 Å². The third-order valence-corrected chi connectivity index (χ3v) is 6.45. The summed E-state index contributed by atoms with van der Waals surface area (Å²) in [5.74, 6) is -1.98. The van der Waals surface area contributed by atoms with Crippen molar-refractivity contribution < 1.29 is 23.9 Å². The van der Waals surface area contributed by atoms with E-state index in [0.29, 0.717) is 27.6 Å². The summed E-state index contributed by atoms with van der Waals surface area (Å²) in [6.45, 7) is 11.3. The molecule has 1 amide bonds. The number of esters is 2. The predicted octanol–water partition coefficient (Wildman–Crippen LogP) is 6.17. The first-order valence-corrected chi connectivity index (χ1v) is 13.6. The fraction of sp³-hybridized carbons (Fsp3) is 0.480. The third kappa shape index (κ3) is 8.61. The number of amides is 1. The van der Waals surface area contributed by atoms with Crippen molar-refractivity contribution in [1.29, 1.82) is 5.26 Å². The summed E-state index contributed by atoms with van der Waals surface area (Å²) in [5, 5.41) is 19.1. The molecule has 1 heterocycles. The van der Waals surface area contributed by atoms with Crippen molar-refractivity contribution in [2.45, 2.75) is 71.7 Å². The number of carbonyl (C=O) groups excluding carboxylic acids is 3. The van der Waals surface area contributed by atoms with Crippen molar-refractivity contribution in [3.63, 3.8) is 0 Å². The molecule has 1 aromatic carbocycles. The van der Waals surface area contributed by atoms with Gasteiger partial charge in [0.15, 0.2) is 17.5 Å². The number of halogens is 2. The number of aromatic nitrogens is 1. The highest BCUT2D eigenvalue weighted by Crippen LogP contribution is 2.35. The maximum atomic E-state index is 12.6. The number of aryl methyl sites for hydroxylation is 1. The van der Waals surface area contributed by atoms with E-state index in [9.17, 15) is 19.6 Å². The van der Waals surface area contributed by atoms with Crippen LogP contribution in [0, 0.1) is 24.2 Å². The van der Waals surface area contributed by atoms with E-state index in [1.165, 1.54) is 18.7 Å². The first kappa shape index (κ1) is 31.9. The van der Waals surface area contributed by atoms with Crippen LogP contribution >= 0.6 is 34.7 Å². The van der Waals surface area contributed by atoms with Crippen LogP contribution in [-0.4, -0.2) is 45.4 Å². The summed E-state index contributed by atoms with van der Waals surface area (Å²) in [6.07, 6.45) is -1.88. The molecule has 0 saturated carbocycles. The number of anilines is 2. The normalized spacial score (nSPS) is 14.3. The molecule has 210 valence electrons. The number of azo groups is 1. The topological polar surface area (TPSA) is 146 Å². The molecule has 1 N–H and O–H groups in total. The summed E-state index contributed by atoms with van der Waals surface area (Å²) in [4.78, 5) is 38.6. The van der Waals surface area contributed by atoms with Gasteiger partial charge in [0.1, 0.15) is 28.1 Å². The van der Waals surface area contributed by atoms with E-state index in [0.717, 1.165) is 11.5 Å². The lowest BCUT2D eigenvalue weighted by Gasteiger charge is -2.35. The highest BCUT2D eigenvalue weighted by atomic mass is 35.5. The lowest BCUT2D eigenvalue weighted by atomic mass is 10.1. The Morgan fingerprint density at radius 1 is 1.03 bits per heavy atom. The Morgan fingerprint density at radius 2 is 1.59 bits per heavy atom. The molecule has 2 aromatic rings. The van der Waals surface area contributed by atoms with Gasteiger partial charge in [0.25, 0.3) is 0 Å². The van der Waals surface area contributed by atoms with Gasteiger partial charge in [-0.15, -0.1) is 33.4 Å². The second-order valence-electron chi connectivity index (χ2n) is 8.82. The summed E-state index contributed by atoms with van der Waals surface area (Å²) in [5.41, 5.74) is 1.85. The highest BCUT2D eigenvalue weighted by molar-refractivity contribution is 7.10. The van der Waals surface area contributed by atoms with E-state index >= 15 is 0 Å². The van der Waals surface area contributed by atoms with Crippen LogP contribution in [0.3, 0.4) is 0 Å². The molecule has 0 spiro atoms. The lowest BCUT2D eigenvalue weighted by Crippen LogP contribution is -2.46. The minimum atomic E-state index is -0.938. The number of alkyl halides is 2. The monoisotopic (exact) mass is 596 g/mol. The van der Waals surface area contributed by atoms with Gasteiger partial charge >= 0.3 is 11.9 Å². The van der Waals surface area contributed by atoms with Crippen molar-refractivity contribution in [3.8, 4) is 6.07 Å². The maximum Gasteiger partial charge on any atom is 0.325 e. The van der Waals surface area contributed by atoms with Crippen LogP contribution in [0.1, 0.15) is 52.8 Å². The number of benzene rings is 1. The lowest BCUT2D eigenvalue weighted by molar-refractivity contribution is -0.152. The van der Waals surface area contributed by atoms with Crippen LogP contribution in [0.25, 0.3) is 0 Å². The van der Waals surface area contributed by atoms with Crippen molar-refractivity contribution in [2.24, 2.45) is 16.1 Å². The largest absolute Gasteiger partial charge is 0.441 e. The molecule has 0 bridgehead atoms. The molecule has 0 fully saturated rings. The van der Waals surface area contributed by atoms with E-state index in [1.807, 2.05) is 0 Å². The van der Waals surface area contributed by atoms with Crippen LogP contribution in [0.5, 0.6) is 0 Å². The van der Waals surface area contributed by atoms with Gasteiger partial charge in [-0.2, -0.15) is 9.64 Å². The average Bonchev–Trinajstić information content (AvgIpc) is 3.22. The number of nitriles is 1. The van der Waals surface area contributed by atoms with Crippen LogP contribution < -0.4 is 10.2 Å². The molecule has 0 aliphatic rings. The number of hydrogen-bond acceptors (Lipinski definition) is 11. The van der Waals surface area contributed by atoms with Crippen molar-refractivity contribution in [1.82, 2.24) is 4.37 Å². The Bertz CT molecular complexity index is 1250. The summed E-state index contributed by atoms with van der Waals surface area (Å²) in [6, 6.07) is 6.85. The molecule has 0 saturated heterocycles. The summed E-state index contributed by atoms with van der Waals surface area (Å²) < 4.78 is 15.1. The Kier molecular flexibility index (Phi) is 11.6. The minimum absolute atomic E-state index is 0.285. The Hall–Kier alpha value is -3.27. The van der Waals surface area contributed by atoms with Crippen molar-refractivity contribution in [3.05, 3.63) is 29.5 Å². The molecule has 1 aromatic heterocycles. The first-order valence-electron chi connectivity index (χ1n) is 12.0. The second kappa shape index (κ2) is 14.2. The SMILES string of the molecule is Cc1nsc(N=Nc2ccc(N(C(C)OC(=O)C(C)Cl)C(C)OC(=O)C(C)Cl)cc2NC(=O)C(C)C)c1C#N. The number of rotatable bonds is 11. The molecule has 14 heteroatoms. The molecule has 0 aliphatic heterocycles. The molecule has 4 unspecified atom stereocenters. The Labute approximate surface area is 241 Å². The van der Waals surface area contributed by atoms with Gasteiger partial charge in [0.05, 0.1) is 11.4 Å². The summed E-state index contributed by atoms with van der Waals surface area (Å²) >= 11 is 12.8. The minimum Gasteiger partial charge on any atom is -0.441 e. The molecule has 0 aliphatic carbocycles. The smallest absolute Gasteiger partial charge is 0.325 e. The van der Waals surface area contributed by atoms with Gasteiger partial charge in [0.2, 0.25) is 5.91 Å². The van der Waals surface area contributed by atoms with Crippen molar-refractivity contribution in [2.75, 3.05) is 10.2 Å². The Balaban J connectivity index is 2.58. The van der Waals surface area contributed by atoms with E-state index in [4.69, 9.17) is 32.7 Å². The predicted molar refractivity (Wildman–Crippen MR) is 150 cm³/mol. The van der Waals surface area contributed by atoms with Gasteiger partial charge in [-0.1, -0.05) is 13.8 Å². The second-order valence-corrected chi connectivity index (χ2v) is 10.9. The molecular weight excluding hydrogens is 567 g/mol. The van der Waals surface area contributed by atoms with E-state index in [1.54, 1.807) is 52.8 Å². The number of hydrogen-bond donors (Lipinski definition) is 1. The maximum absolute atomic E-state index is 12.6. The summed E-state index contributed by atoms with van der Waals surface area (Å²) in [7, 11) is 0. The highest BCUT2D eigenvalue weighted by Gasteiger charge is 2.29. The van der Waals surface area contributed by atoms with Gasteiger partial charge in [-0.05, 0) is 64.4 Å². The van der Waals surface area contributed by atoms with Crippen LogP contribution in [-0.2, 0) is 23.9 Å². The fourth-order valence-corrected chi connectivity index (χ4v) is 3.94. The average molecular weight is 598 g/mol. The van der Waals surface area contributed by atoms with Crippen LogP contribution in [0.4, 0.5) is 22.1 Å². The first-order chi connectivity index (χ1) is 18.3. The molecule has 2 rings (SSSR count). The standard InChI is InChI=1S/C25H30Cl2N6O5S/c1-12(2)22(34)29-21-10-18(8-9-20(21)30-31-23-19(11-28)15(5)32-39-23)33(16(6)37-24(35)13(3)26)17(7)38-25(36)14(4)27/h8-10,12-14,16-17H,1-7H3,(H,29,34). The molecule has 39 heavy (non-hydrogen) atoms. The molecule has 4 atom stereocenters. The van der Waals surface area contributed by atoms with Crippen molar-refractivity contribution >= 4 is 74.6 Å². The van der Waals surface area contributed by atoms with E-state index in [-0.39, 0.29) is 17.5 Å².